The zero-order chi connectivity index (χ0) is 29.6. The molecule has 222 valence electrons. The zero-order valence-corrected chi connectivity index (χ0v) is 24.0. The van der Waals surface area contributed by atoms with Crippen molar-refractivity contribution in [1.82, 2.24) is 14.9 Å². The second-order valence-corrected chi connectivity index (χ2v) is 11.0. The molecule has 2 saturated heterocycles. The molecule has 0 radical (unpaired) electrons. The summed E-state index contributed by atoms with van der Waals surface area (Å²) >= 11 is 0. The third kappa shape index (κ3) is 6.43. The molecule has 3 aliphatic rings. The van der Waals surface area contributed by atoms with E-state index in [1.54, 1.807) is 25.1 Å². The van der Waals surface area contributed by atoms with Crippen LogP contribution in [0.15, 0.2) is 18.3 Å². The lowest BCUT2D eigenvalue weighted by molar-refractivity contribution is -0.140. The fraction of sp³-hybridized carbons (Fsp3) is 0.533. The number of carbonyl (C=O) groups excluding carboxylic acids is 3. The lowest BCUT2D eigenvalue weighted by atomic mass is 9.90. The van der Waals surface area contributed by atoms with Crippen molar-refractivity contribution in [2.45, 2.75) is 57.3 Å². The van der Waals surface area contributed by atoms with Crippen LogP contribution in [0.2, 0.25) is 0 Å². The number of hydrogen-bond acceptors (Lipinski definition) is 9. The molecule has 5 rings (SSSR count). The molecule has 0 unspecified atom stereocenters. The molecule has 3 aliphatic heterocycles. The molecular weight excluding hydrogens is 540 g/mol. The maximum absolute atomic E-state index is 13.5. The van der Waals surface area contributed by atoms with Gasteiger partial charge in [0.1, 0.15) is 29.5 Å². The molecule has 2 aromatic rings. The lowest BCUT2D eigenvalue weighted by Crippen LogP contribution is -2.40. The second-order valence-electron chi connectivity index (χ2n) is 11.0. The van der Waals surface area contributed by atoms with Crippen molar-refractivity contribution in [3.63, 3.8) is 0 Å². The highest BCUT2D eigenvalue weighted by Gasteiger charge is 2.30. The van der Waals surface area contributed by atoms with Gasteiger partial charge in [-0.25, -0.2) is 14.8 Å². The van der Waals surface area contributed by atoms with E-state index in [2.05, 4.69) is 21.4 Å². The van der Waals surface area contributed by atoms with E-state index in [4.69, 9.17) is 14.2 Å². The number of fused-ring (bicyclic) bond motifs is 1. The van der Waals surface area contributed by atoms with Gasteiger partial charge in [-0.3, -0.25) is 19.8 Å². The van der Waals surface area contributed by atoms with Crippen LogP contribution in [0.5, 0.6) is 0 Å². The van der Waals surface area contributed by atoms with Gasteiger partial charge in [-0.1, -0.05) is 0 Å². The molecule has 0 aliphatic carbocycles. The molecule has 0 saturated carbocycles. The van der Waals surface area contributed by atoms with Crippen molar-refractivity contribution in [1.29, 1.82) is 5.26 Å². The molecular formula is C30H36N6O6. The Morgan fingerprint density at radius 2 is 2.12 bits per heavy atom. The van der Waals surface area contributed by atoms with Crippen LogP contribution < -0.4 is 10.2 Å². The monoisotopic (exact) mass is 576 g/mol. The number of pyridine rings is 2. The van der Waals surface area contributed by atoms with Gasteiger partial charge < -0.3 is 19.1 Å². The van der Waals surface area contributed by atoms with Crippen molar-refractivity contribution < 1.29 is 28.6 Å². The SMILES string of the molecule is CO[C@H]1CCOC[C@@H]1Cc1cc(NC(=O)N2CCCc3cc(CN(C)C(=O)[C@H]4CCCO4)c(C=O)nc32)ncc1C#N. The van der Waals surface area contributed by atoms with Crippen LogP contribution >= 0.6 is 0 Å². The van der Waals surface area contributed by atoms with E-state index in [1.807, 2.05) is 6.07 Å². The Morgan fingerprint density at radius 3 is 2.86 bits per heavy atom. The first-order valence-corrected chi connectivity index (χ1v) is 14.3. The first-order chi connectivity index (χ1) is 20.4. The number of rotatable bonds is 8. The second kappa shape index (κ2) is 13.4. The smallest absolute Gasteiger partial charge is 0.328 e. The summed E-state index contributed by atoms with van der Waals surface area (Å²) in [6.45, 7) is 2.38. The Hall–Kier alpha value is -3.92. The highest BCUT2D eigenvalue weighted by molar-refractivity contribution is 6.01. The molecule has 3 amide bonds. The third-order valence-electron chi connectivity index (χ3n) is 8.15. The number of methoxy groups -OCH3 is 1. The Morgan fingerprint density at radius 1 is 1.26 bits per heavy atom. The molecule has 42 heavy (non-hydrogen) atoms. The summed E-state index contributed by atoms with van der Waals surface area (Å²) in [5, 5.41) is 12.5. The highest BCUT2D eigenvalue weighted by Crippen LogP contribution is 2.29. The Bertz CT molecular complexity index is 1370. The van der Waals surface area contributed by atoms with E-state index in [0.717, 1.165) is 24.0 Å². The summed E-state index contributed by atoms with van der Waals surface area (Å²) in [7, 11) is 3.37. The number of aromatic nitrogens is 2. The average molecular weight is 577 g/mol. The van der Waals surface area contributed by atoms with Gasteiger partial charge in [-0.15, -0.1) is 0 Å². The molecule has 0 bridgehead atoms. The van der Waals surface area contributed by atoms with E-state index in [0.29, 0.717) is 81.1 Å². The number of anilines is 2. The summed E-state index contributed by atoms with van der Waals surface area (Å²) in [5.74, 6) is 0.684. The fourth-order valence-corrected chi connectivity index (χ4v) is 5.91. The van der Waals surface area contributed by atoms with Gasteiger partial charge in [0.25, 0.3) is 5.91 Å². The van der Waals surface area contributed by atoms with Gasteiger partial charge in [0.2, 0.25) is 0 Å². The van der Waals surface area contributed by atoms with Gasteiger partial charge in [-0.2, -0.15) is 5.26 Å². The molecule has 2 fully saturated rings. The van der Waals surface area contributed by atoms with Gasteiger partial charge in [0, 0.05) is 58.1 Å². The number of nitrogens with zero attached hydrogens (tertiary/aromatic N) is 5. The standard InChI is InChI=1S/C30H36N6O6/c1-35(29(38)26-6-4-9-42-26)16-21-11-19-5-3-8-36(28(19)33-24(21)17-37)30(39)34-27-13-20(23(14-31)15-32-27)12-22-18-41-10-7-25(22)40-2/h11,13,15,17,22,25-26H,3-10,12,16,18H2,1-2H3,(H,32,34,39)/t22-,25-,26+/m0/s1. The summed E-state index contributed by atoms with van der Waals surface area (Å²) < 4.78 is 16.8. The average Bonchev–Trinajstić information content (AvgIpc) is 3.55. The number of amides is 3. The van der Waals surface area contributed by atoms with E-state index >= 15 is 0 Å². The van der Waals surface area contributed by atoms with Gasteiger partial charge in [0.05, 0.1) is 18.3 Å². The van der Waals surface area contributed by atoms with Crippen LogP contribution in [0.3, 0.4) is 0 Å². The summed E-state index contributed by atoms with van der Waals surface area (Å²) in [6, 6.07) is 5.34. The van der Waals surface area contributed by atoms with E-state index in [1.165, 1.54) is 11.1 Å². The molecule has 12 heteroatoms. The highest BCUT2D eigenvalue weighted by atomic mass is 16.5. The van der Waals surface area contributed by atoms with Crippen LogP contribution in [0.1, 0.15) is 58.4 Å². The number of aryl methyl sites for hydroxylation is 1. The molecule has 3 atom stereocenters. The number of nitrogens with one attached hydrogen (secondary N) is 1. The first kappa shape index (κ1) is 29.6. The minimum absolute atomic E-state index is 0.0262. The molecule has 1 N–H and O–H groups in total. The van der Waals surface area contributed by atoms with Crippen molar-refractivity contribution in [3.05, 3.63) is 46.3 Å². The van der Waals surface area contributed by atoms with Crippen LogP contribution in [0, 0.1) is 17.2 Å². The number of likely N-dealkylation sites (N-methyl/N-ethyl adjacent to an activating group) is 1. The molecule has 12 nitrogen and oxygen atoms in total. The van der Waals surface area contributed by atoms with E-state index in [9.17, 15) is 19.6 Å². The van der Waals surface area contributed by atoms with Gasteiger partial charge in [-0.05, 0) is 61.8 Å². The minimum atomic E-state index is -0.451. The quantitative estimate of drug-likeness (QED) is 0.469. The van der Waals surface area contributed by atoms with Crippen LogP contribution in [0.4, 0.5) is 16.4 Å². The molecule has 5 heterocycles. The number of ether oxygens (including phenoxy) is 3. The van der Waals surface area contributed by atoms with Crippen LogP contribution in [-0.2, 0) is 38.4 Å². The minimum Gasteiger partial charge on any atom is -0.381 e. The van der Waals surface area contributed by atoms with Crippen molar-refractivity contribution >= 4 is 29.9 Å². The first-order valence-electron chi connectivity index (χ1n) is 14.3. The van der Waals surface area contributed by atoms with Crippen LogP contribution in [0.25, 0.3) is 0 Å². The Labute approximate surface area is 244 Å². The predicted molar refractivity (Wildman–Crippen MR) is 152 cm³/mol. The molecule has 2 aromatic heterocycles. The topological polar surface area (TPSA) is 147 Å². The van der Waals surface area contributed by atoms with Gasteiger partial charge >= 0.3 is 6.03 Å². The maximum atomic E-state index is 13.5. The number of hydrogen-bond donors (Lipinski definition) is 1. The van der Waals surface area contributed by atoms with E-state index in [-0.39, 0.29) is 30.2 Å². The summed E-state index contributed by atoms with van der Waals surface area (Å²) in [5.41, 5.74) is 2.82. The van der Waals surface area contributed by atoms with Crippen molar-refractivity contribution in [2.24, 2.45) is 5.92 Å². The summed E-state index contributed by atoms with van der Waals surface area (Å²) in [6.07, 6.45) is 5.96. The fourth-order valence-electron chi connectivity index (χ4n) is 5.91. The Kier molecular flexibility index (Phi) is 9.41. The number of carbonyl (C=O) groups is 3. The summed E-state index contributed by atoms with van der Waals surface area (Å²) in [4.78, 5) is 50.2. The van der Waals surface area contributed by atoms with Gasteiger partial charge in [0.15, 0.2) is 6.29 Å². The lowest BCUT2D eigenvalue weighted by Gasteiger charge is -2.31. The Balaban J connectivity index is 1.32. The van der Waals surface area contributed by atoms with Crippen molar-refractivity contribution in [2.75, 3.05) is 50.7 Å². The maximum Gasteiger partial charge on any atom is 0.328 e. The van der Waals surface area contributed by atoms with Crippen LogP contribution in [-0.4, -0.2) is 85.8 Å². The zero-order valence-electron chi connectivity index (χ0n) is 24.0. The molecule has 0 aromatic carbocycles. The number of nitriles is 1. The number of urea groups is 1. The third-order valence-corrected chi connectivity index (χ3v) is 8.15. The normalized spacial score (nSPS) is 21.7. The number of aldehydes is 1. The molecule has 0 spiro atoms. The predicted octanol–water partition coefficient (Wildman–Crippen LogP) is 2.88. The van der Waals surface area contributed by atoms with Crippen molar-refractivity contribution in [3.8, 4) is 6.07 Å². The largest absolute Gasteiger partial charge is 0.381 e. The van der Waals surface area contributed by atoms with E-state index < -0.39 is 12.1 Å².